The Balaban J connectivity index is 1.87. The standard InChI is InChI=1S/C20H13FN4O4/c21-12-7-5-11(6-8-12)16-18(27)22-17-13-3-1-2-4-14(13)24-15(26)9-10-20(24,19(28)29)25(17)23-16/h1-8H,9-10H2,(H,28,29)/t20-/m1/s1. The molecular formula is C20H13FN4O4. The second-order valence-corrected chi connectivity index (χ2v) is 6.88. The van der Waals surface area contributed by atoms with Crippen LogP contribution in [0.25, 0.3) is 22.6 Å². The highest BCUT2D eigenvalue weighted by atomic mass is 19.1. The van der Waals surface area contributed by atoms with Gasteiger partial charge in [-0.25, -0.2) is 13.9 Å². The number of halogens is 1. The summed E-state index contributed by atoms with van der Waals surface area (Å²) in [7, 11) is 0. The summed E-state index contributed by atoms with van der Waals surface area (Å²) in [6.07, 6.45) is -0.0112. The topological polar surface area (TPSA) is 105 Å². The van der Waals surface area contributed by atoms with Crippen molar-refractivity contribution >= 4 is 17.6 Å². The van der Waals surface area contributed by atoms with Crippen LogP contribution in [0, 0.1) is 5.82 Å². The summed E-state index contributed by atoms with van der Waals surface area (Å²) in [5.74, 6) is -2.04. The summed E-state index contributed by atoms with van der Waals surface area (Å²) in [6.45, 7) is 0. The number of carbonyl (C=O) groups is 2. The number of benzene rings is 2. The lowest BCUT2D eigenvalue weighted by Gasteiger charge is -2.41. The van der Waals surface area contributed by atoms with Crippen molar-refractivity contribution in [1.29, 1.82) is 0 Å². The molecule has 1 amide bonds. The molecular weight excluding hydrogens is 379 g/mol. The summed E-state index contributed by atoms with van der Waals surface area (Å²) in [6, 6.07) is 11.8. The van der Waals surface area contributed by atoms with Gasteiger partial charge in [0.15, 0.2) is 11.5 Å². The number of hydrogen-bond acceptors (Lipinski definition) is 5. The Morgan fingerprint density at radius 2 is 1.83 bits per heavy atom. The molecule has 0 spiro atoms. The number of anilines is 1. The second kappa shape index (κ2) is 5.81. The average Bonchev–Trinajstić information content (AvgIpc) is 3.07. The van der Waals surface area contributed by atoms with E-state index in [2.05, 4.69) is 10.1 Å². The van der Waals surface area contributed by atoms with E-state index in [0.717, 1.165) is 4.68 Å². The lowest BCUT2D eigenvalue weighted by molar-refractivity contribution is -0.148. The van der Waals surface area contributed by atoms with Crippen molar-refractivity contribution in [3.8, 4) is 22.6 Å². The minimum atomic E-state index is -1.82. The Morgan fingerprint density at radius 1 is 1.10 bits per heavy atom. The summed E-state index contributed by atoms with van der Waals surface area (Å²) in [4.78, 5) is 43.1. The van der Waals surface area contributed by atoms with Gasteiger partial charge in [0.1, 0.15) is 5.82 Å². The maximum absolute atomic E-state index is 13.3. The first-order chi connectivity index (χ1) is 13.9. The second-order valence-electron chi connectivity index (χ2n) is 6.88. The number of aromatic nitrogens is 3. The van der Waals surface area contributed by atoms with Gasteiger partial charge in [-0.2, -0.15) is 10.1 Å². The fourth-order valence-corrected chi connectivity index (χ4v) is 4.00. The smallest absolute Gasteiger partial charge is 0.353 e. The van der Waals surface area contributed by atoms with Crippen molar-refractivity contribution in [2.24, 2.45) is 0 Å². The first-order valence-corrected chi connectivity index (χ1v) is 8.87. The molecule has 0 aliphatic carbocycles. The van der Waals surface area contributed by atoms with Crippen molar-refractivity contribution in [2.45, 2.75) is 18.5 Å². The van der Waals surface area contributed by atoms with E-state index >= 15 is 0 Å². The van der Waals surface area contributed by atoms with Crippen LogP contribution in [-0.2, 0) is 15.3 Å². The van der Waals surface area contributed by atoms with Crippen molar-refractivity contribution in [3.63, 3.8) is 0 Å². The molecule has 0 unspecified atom stereocenters. The first kappa shape index (κ1) is 17.2. The molecule has 0 bridgehead atoms. The van der Waals surface area contributed by atoms with E-state index in [0.29, 0.717) is 16.8 Å². The van der Waals surface area contributed by atoms with E-state index in [-0.39, 0.29) is 30.3 Å². The third kappa shape index (κ3) is 2.21. The van der Waals surface area contributed by atoms with Gasteiger partial charge >= 0.3 is 5.97 Å². The van der Waals surface area contributed by atoms with Gasteiger partial charge in [-0.3, -0.25) is 14.5 Å². The number of carboxylic acids is 1. The number of carbonyl (C=O) groups excluding carboxylic acids is 1. The molecule has 8 nitrogen and oxygen atoms in total. The van der Waals surface area contributed by atoms with Gasteiger partial charge in [-0.05, 0) is 36.4 Å². The van der Waals surface area contributed by atoms with Gasteiger partial charge in [0.05, 0.1) is 5.69 Å². The minimum absolute atomic E-state index is 0.0137. The van der Waals surface area contributed by atoms with Crippen molar-refractivity contribution in [2.75, 3.05) is 4.90 Å². The molecule has 1 N–H and O–H groups in total. The number of amides is 1. The van der Waals surface area contributed by atoms with Gasteiger partial charge in [0, 0.05) is 24.0 Å². The monoisotopic (exact) mass is 392 g/mol. The number of fused-ring (bicyclic) bond motifs is 6. The lowest BCUT2D eigenvalue weighted by atomic mass is 10.00. The van der Waals surface area contributed by atoms with Gasteiger partial charge < -0.3 is 5.11 Å². The van der Waals surface area contributed by atoms with E-state index in [9.17, 15) is 23.9 Å². The molecule has 0 saturated carbocycles. The highest BCUT2D eigenvalue weighted by molar-refractivity contribution is 6.07. The van der Waals surface area contributed by atoms with Gasteiger partial charge in [-0.15, -0.1) is 0 Å². The molecule has 2 aliphatic heterocycles. The van der Waals surface area contributed by atoms with Crippen molar-refractivity contribution < 1.29 is 19.1 Å². The van der Waals surface area contributed by atoms with Crippen LogP contribution in [0.4, 0.5) is 10.1 Å². The molecule has 2 aliphatic rings. The molecule has 1 atom stereocenters. The largest absolute Gasteiger partial charge is 0.478 e. The van der Waals surface area contributed by atoms with Crippen LogP contribution in [-0.4, -0.2) is 31.7 Å². The molecule has 5 rings (SSSR count). The maximum Gasteiger partial charge on any atom is 0.353 e. The van der Waals surface area contributed by atoms with Crippen LogP contribution in [0.1, 0.15) is 12.8 Å². The third-order valence-corrected chi connectivity index (χ3v) is 5.31. The van der Waals surface area contributed by atoms with Gasteiger partial charge in [0.2, 0.25) is 11.6 Å². The Labute approximate surface area is 162 Å². The van der Waals surface area contributed by atoms with Crippen LogP contribution in [0.15, 0.2) is 53.3 Å². The van der Waals surface area contributed by atoms with Crippen LogP contribution in [0.2, 0.25) is 0 Å². The van der Waals surface area contributed by atoms with Crippen molar-refractivity contribution in [3.05, 3.63) is 64.7 Å². The summed E-state index contributed by atoms with van der Waals surface area (Å²) in [5.41, 5.74) is -1.50. The van der Waals surface area contributed by atoms with Gasteiger partial charge in [0.25, 0.3) is 5.56 Å². The quantitative estimate of drug-likeness (QED) is 0.715. The molecule has 1 saturated heterocycles. The highest BCUT2D eigenvalue weighted by Gasteiger charge is 2.58. The number of aliphatic carboxylic acids is 1. The summed E-state index contributed by atoms with van der Waals surface area (Å²) < 4.78 is 14.4. The van der Waals surface area contributed by atoms with Crippen LogP contribution in [0.3, 0.4) is 0 Å². The molecule has 2 aromatic carbocycles. The number of hydrogen-bond donors (Lipinski definition) is 1. The normalized spacial score (nSPS) is 19.5. The predicted octanol–water partition coefficient (Wildman–Crippen LogP) is 1.99. The molecule has 9 heteroatoms. The van der Waals surface area contributed by atoms with Crippen LogP contribution < -0.4 is 10.5 Å². The minimum Gasteiger partial charge on any atom is -0.478 e. The zero-order valence-corrected chi connectivity index (χ0v) is 14.9. The third-order valence-electron chi connectivity index (χ3n) is 5.31. The SMILES string of the molecule is O=C1CC[C@@]2(C(=O)O)N1c1ccccc1-c1nc(=O)c(-c3ccc(F)cc3)nn12. The van der Waals surface area contributed by atoms with E-state index in [1.54, 1.807) is 24.3 Å². The number of carboxylic acid groups (broad SMARTS) is 1. The Morgan fingerprint density at radius 3 is 2.55 bits per heavy atom. The summed E-state index contributed by atoms with van der Waals surface area (Å²) in [5, 5.41) is 14.5. The predicted molar refractivity (Wildman–Crippen MR) is 99.5 cm³/mol. The molecule has 3 heterocycles. The maximum atomic E-state index is 13.3. The van der Waals surface area contributed by atoms with E-state index in [1.165, 1.54) is 29.2 Å². The molecule has 29 heavy (non-hydrogen) atoms. The summed E-state index contributed by atoms with van der Waals surface area (Å²) >= 11 is 0. The van der Waals surface area contributed by atoms with Crippen LogP contribution >= 0.6 is 0 Å². The molecule has 3 aromatic rings. The fraction of sp³-hybridized carbons (Fsp3) is 0.150. The number of rotatable bonds is 2. The fourth-order valence-electron chi connectivity index (χ4n) is 4.00. The van der Waals surface area contributed by atoms with Crippen molar-refractivity contribution in [1.82, 2.24) is 14.8 Å². The van der Waals surface area contributed by atoms with Crippen LogP contribution in [0.5, 0.6) is 0 Å². The number of nitrogens with zero attached hydrogens (tertiary/aromatic N) is 4. The zero-order chi connectivity index (χ0) is 20.3. The molecule has 1 fully saturated rings. The lowest BCUT2D eigenvalue weighted by Crippen LogP contribution is -2.58. The molecule has 1 aromatic heterocycles. The van der Waals surface area contributed by atoms with E-state index in [4.69, 9.17) is 0 Å². The molecule has 0 radical (unpaired) electrons. The first-order valence-electron chi connectivity index (χ1n) is 8.87. The zero-order valence-electron chi connectivity index (χ0n) is 14.9. The Hall–Kier alpha value is -3.88. The molecule has 144 valence electrons. The Bertz CT molecular complexity index is 1250. The van der Waals surface area contributed by atoms with E-state index < -0.39 is 23.0 Å². The number of para-hydroxylation sites is 1. The van der Waals surface area contributed by atoms with E-state index in [1.807, 2.05) is 0 Å². The highest BCUT2D eigenvalue weighted by Crippen LogP contribution is 2.47. The van der Waals surface area contributed by atoms with Gasteiger partial charge in [-0.1, -0.05) is 12.1 Å². The average molecular weight is 392 g/mol. The Kier molecular flexibility index (Phi) is 3.45.